The first-order valence-electron chi connectivity index (χ1n) is 6.32. The van der Waals surface area contributed by atoms with Gasteiger partial charge < -0.3 is 5.32 Å². The van der Waals surface area contributed by atoms with Crippen molar-refractivity contribution in [1.29, 1.82) is 5.26 Å². The fourth-order valence-corrected chi connectivity index (χ4v) is 4.10. The van der Waals surface area contributed by atoms with Crippen molar-refractivity contribution in [3.63, 3.8) is 0 Å². The number of hydrogen-bond acceptors (Lipinski definition) is 3. The molecule has 2 saturated heterocycles. The van der Waals surface area contributed by atoms with E-state index in [0.29, 0.717) is 11.3 Å². The normalized spacial score (nSPS) is 18.1. The predicted molar refractivity (Wildman–Crippen MR) is 74.1 cm³/mol. The van der Waals surface area contributed by atoms with Crippen molar-refractivity contribution in [2.75, 3.05) is 31.5 Å². The molecule has 3 rings (SSSR count). The first-order chi connectivity index (χ1) is 9.61. The minimum atomic E-state index is -2.90. The second-order valence-electron chi connectivity index (χ2n) is 4.71. The van der Waals surface area contributed by atoms with Crippen molar-refractivity contribution in [3.05, 3.63) is 29.8 Å². The van der Waals surface area contributed by atoms with E-state index in [1.54, 1.807) is 33.6 Å². The Morgan fingerprint density at radius 1 is 1.15 bits per heavy atom. The van der Waals surface area contributed by atoms with Crippen LogP contribution in [0.5, 0.6) is 0 Å². The fourth-order valence-electron chi connectivity index (χ4n) is 1.87. The zero-order chi connectivity index (χ0) is 14.2. The van der Waals surface area contributed by atoms with E-state index in [9.17, 15) is 9.36 Å². The molecule has 1 aromatic carbocycles. The molecular weight excluding hydrogens is 277 g/mol. The summed E-state index contributed by atoms with van der Waals surface area (Å²) in [5.74, 6) is 0. The molecule has 20 heavy (non-hydrogen) atoms. The highest BCUT2D eigenvalue weighted by Gasteiger charge is 2.49. The third-order valence-electron chi connectivity index (χ3n) is 3.13. The molecule has 2 fully saturated rings. The summed E-state index contributed by atoms with van der Waals surface area (Å²) in [5.41, 5.74) is 1.08. The average molecular weight is 291 g/mol. The van der Waals surface area contributed by atoms with Gasteiger partial charge in [0.25, 0.3) is 0 Å². The van der Waals surface area contributed by atoms with Gasteiger partial charge in [-0.1, -0.05) is 0 Å². The summed E-state index contributed by atoms with van der Waals surface area (Å²) in [6, 6.07) is 8.02. The number of nitriles is 1. The van der Waals surface area contributed by atoms with E-state index in [-0.39, 0.29) is 0 Å². The van der Waals surface area contributed by atoms with Crippen LogP contribution in [0.3, 0.4) is 0 Å². The lowest BCUT2D eigenvalue weighted by atomic mass is 10.2. The first-order valence-corrected chi connectivity index (χ1v) is 7.93. The summed E-state index contributed by atoms with van der Waals surface area (Å²) in [7, 11) is -2.90. The highest BCUT2D eigenvalue weighted by molar-refractivity contribution is 7.58. The van der Waals surface area contributed by atoms with E-state index in [4.69, 9.17) is 5.26 Å². The molecule has 0 spiro atoms. The second-order valence-corrected chi connectivity index (χ2v) is 7.15. The molecule has 2 aliphatic heterocycles. The Hall–Kier alpha value is -1.87. The quantitative estimate of drug-likeness (QED) is 0.647. The van der Waals surface area contributed by atoms with Crippen molar-refractivity contribution in [1.82, 2.24) is 14.4 Å². The molecule has 0 aliphatic carbocycles. The number of nitrogens with zero attached hydrogens (tertiary/aromatic N) is 3. The van der Waals surface area contributed by atoms with E-state index in [1.807, 2.05) is 6.07 Å². The molecule has 0 bridgehead atoms. The van der Waals surface area contributed by atoms with Crippen LogP contribution in [0.2, 0.25) is 0 Å². The highest BCUT2D eigenvalue weighted by Crippen LogP contribution is 2.56. The molecule has 1 aromatic rings. The van der Waals surface area contributed by atoms with Crippen LogP contribution in [0, 0.1) is 11.3 Å². The van der Waals surface area contributed by atoms with Crippen LogP contribution in [0.1, 0.15) is 5.56 Å². The van der Waals surface area contributed by atoms with Gasteiger partial charge in [-0.15, -0.1) is 0 Å². The number of nitrogens with one attached hydrogen (secondary N) is 2. The largest absolute Gasteiger partial charge is 0.326 e. The van der Waals surface area contributed by atoms with Crippen LogP contribution in [0.25, 0.3) is 0 Å². The SMILES string of the molecule is N#Cc1ccc(NC(=O)NP(=O)(N2CC2)N2CC2)cc1. The molecule has 0 unspecified atom stereocenters. The van der Waals surface area contributed by atoms with Gasteiger partial charge in [0, 0.05) is 31.9 Å². The lowest BCUT2D eigenvalue weighted by Crippen LogP contribution is -2.31. The third-order valence-corrected chi connectivity index (χ3v) is 5.96. The Morgan fingerprint density at radius 2 is 1.70 bits per heavy atom. The Morgan fingerprint density at radius 3 is 2.15 bits per heavy atom. The van der Waals surface area contributed by atoms with Gasteiger partial charge >= 0.3 is 13.6 Å². The van der Waals surface area contributed by atoms with Crippen molar-refractivity contribution in [3.8, 4) is 6.07 Å². The highest BCUT2D eigenvalue weighted by atomic mass is 31.2. The minimum Gasteiger partial charge on any atom is -0.308 e. The summed E-state index contributed by atoms with van der Waals surface area (Å²) >= 11 is 0. The molecule has 7 nitrogen and oxygen atoms in total. The fraction of sp³-hybridized carbons (Fsp3) is 0.333. The zero-order valence-electron chi connectivity index (χ0n) is 10.7. The van der Waals surface area contributed by atoms with Crippen molar-refractivity contribution >= 4 is 19.3 Å². The molecule has 0 atom stereocenters. The van der Waals surface area contributed by atoms with E-state index >= 15 is 0 Å². The molecule has 2 N–H and O–H groups in total. The number of rotatable bonds is 4. The summed E-state index contributed by atoms with van der Waals surface area (Å²) in [4.78, 5) is 11.9. The monoisotopic (exact) mass is 291 g/mol. The zero-order valence-corrected chi connectivity index (χ0v) is 11.6. The number of urea groups is 1. The first kappa shape index (κ1) is 13.1. The molecule has 2 heterocycles. The van der Waals surface area contributed by atoms with E-state index in [2.05, 4.69) is 10.4 Å². The Kier molecular flexibility index (Phi) is 3.22. The summed E-state index contributed by atoms with van der Waals surface area (Å²) in [6.45, 7) is 3.02. The number of carbonyl (C=O) groups is 1. The topological polar surface area (TPSA) is 88.0 Å². The molecule has 0 radical (unpaired) electrons. The maximum Gasteiger partial charge on any atom is 0.326 e. The molecule has 2 aliphatic rings. The van der Waals surface area contributed by atoms with Gasteiger partial charge in [0.05, 0.1) is 11.6 Å². The Labute approximate surface area is 116 Å². The van der Waals surface area contributed by atoms with E-state index in [1.165, 1.54) is 0 Å². The summed E-state index contributed by atoms with van der Waals surface area (Å²) in [5, 5.41) is 13.9. The van der Waals surface area contributed by atoms with Crippen molar-refractivity contribution in [2.24, 2.45) is 0 Å². The smallest absolute Gasteiger partial charge is 0.308 e. The van der Waals surface area contributed by atoms with Crippen LogP contribution >= 0.6 is 7.59 Å². The van der Waals surface area contributed by atoms with Gasteiger partial charge in [0.2, 0.25) is 0 Å². The van der Waals surface area contributed by atoms with Gasteiger partial charge in [0.15, 0.2) is 0 Å². The summed E-state index contributed by atoms with van der Waals surface area (Å²) < 4.78 is 16.2. The van der Waals surface area contributed by atoms with E-state index in [0.717, 1.165) is 26.2 Å². The Bertz CT molecular complexity index is 600. The van der Waals surface area contributed by atoms with Gasteiger partial charge in [-0.2, -0.15) is 5.26 Å². The lowest BCUT2D eigenvalue weighted by Gasteiger charge is -2.21. The Balaban J connectivity index is 1.64. The average Bonchev–Trinajstić information content (AvgIpc) is 3.32. The second kappa shape index (κ2) is 4.91. The molecular formula is C12H14N5O2P. The van der Waals surface area contributed by atoms with E-state index < -0.39 is 13.6 Å². The minimum absolute atomic E-state index is 0.489. The number of carbonyl (C=O) groups excluding carboxylic acids is 1. The molecule has 2 amide bonds. The molecule has 8 heteroatoms. The molecule has 0 saturated carbocycles. The van der Waals surface area contributed by atoms with Crippen LogP contribution in [-0.2, 0) is 4.57 Å². The van der Waals surface area contributed by atoms with Crippen LogP contribution in [-0.4, -0.2) is 41.6 Å². The lowest BCUT2D eigenvalue weighted by molar-refractivity contribution is 0.255. The molecule has 0 aromatic heterocycles. The van der Waals surface area contributed by atoms with Crippen molar-refractivity contribution < 1.29 is 9.36 Å². The number of anilines is 1. The summed E-state index contributed by atoms with van der Waals surface area (Å²) in [6.07, 6.45) is 0. The number of hydrogen-bond donors (Lipinski definition) is 2. The van der Waals surface area contributed by atoms with Gasteiger partial charge in [-0.05, 0) is 24.3 Å². The van der Waals surface area contributed by atoms with Gasteiger partial charge in [-0.3, -0.25) is 9.65 Å². The maximum atomic E-state index is 12.7. The standard InChI is InChI=1S/C12H14N5O2P/c13-9-10-1-3-11(4-2-10)14-12(18)15-20(19,16-5-6-16)17-7-8-17/h1-4H,5-8H2,(H2,14,15,18,19). The van der Waals surface area contributed by atoms with Gasteiger partial charge in [0.1, 0.15) is 0 Å². The maximum absolute atomic E-state index is 12.7. The van der Waals surface area contributed by atoms with Crippen LogP contribution < -0.4 is 10.4 Å². The molecule has 104 valence electrons. The number of benzene rings is 1. The van der Waals surface area contributed by atoms with Crippen LogP contribution in [0.4, 0.5) is 10.5 Å². The van der Waals surface area contributed by atoms with Crippen molar-refractivity contribution in [2.45, 2.75) is 0 Å². The van der Waals surface area contributed by atoms with Crippen LogP contribution in [0.15, 0.2) is 24.3 Å². The number of amides is 2. The van der Waals surface area contributed by atoms with Gasteiger partial charge in [-0.25, -0.2) is 14.1 Å². The third kappa shape index (κ3) is 2.68. The predicted octanol–water partition coefficient (Wildman–Crippen LogP) is 1.42.